The van der Waals surface area contributed by atoms with Crippen LogP contribution in [0.25, 0.3) is 0 Å². The topological polar surface area (TPSA) is 38.9 Å². The molecule has 3 heteroatoms. The number of rotatable bonds is 4. The van der Waals surface area contributed by atoms with Crippen molar-refractivity contribution in [3.8, 4) is 0 Å². The molecule has 1 aromatic heterocycles. The molecule has 0 aromatic carbocycles. The summed E-state index contributed by atoms with van der Waals surface area (Å²) in [6, 6.07) is 0. The Morgan fingerprint density at radius 2 is 2.31 bits per heavy atom. The molecule has 1 atom stereocenters. The van der Waals surface area contributed by atoms with E-state index in [9.17, 15) is 0 Å². The molecule has 0 bridgehead atoms. The molecule has 0 saturated heterocycles. The minimum absolute atomic E-state index is 0.189. The zero-order chi connectivity index (χ0) is 9.90. The van der Waals surface area contributed by atoms with Gasteiger partial charge in [-0.2, -0.15) is 0 Å². The predicted molar refractivity (Wildman–Crippen MR) is 57.8 cm³/mol. The Kier molecular flexibility index (Phi) is 3.45. The van der Waals surface area contributed by atoms with Crippen molar-refractivity contribution in [3.63, 3.8) is 0 Å². The third kappa shape index (κ3) is 2.51. The SMILES string of the molecule is CC(C)C(C)(CN)Cc1cscn1. The lowest BCUT2D eigenvalue weighted by Crippen LogP contribution is -2.34. The maximum absolute atomic E-state index is 5.80. The second-order valence-electron chi connectivity index (χ2n) is 4.17. The normalized spacial score (nSPS) is 16.1. The van der Waals surface area contributed by atoms with Gasteiger partial charge in [0.25, 0.3) is 0 Å². The third-order valence-corrected chi connectivity index (χ3v) is 3.56. The number of hydrogen-bond donors (Lipinski definition) is 1. The molecule has 2 N–H and O–H groups in total. The van der Waals surface area contributed by atoms with Gasteiger partial charge < -0.3 is 5.73 Å². The highest BCUT2D eigenvalue weighted by atomic mass is 32.1. The summed E-state index contributed by atoms with van der Waals surface area (Å²) in [6.07, 6.45) is 0.991. The van der Waals surface area contributed by atoms with Crippen LogP contribution in [0.15, 0.2) is 10.9 Å². The molecule has 74 valence electrons. The molecule has 0 amide bonds. The van der Waals surface area contributed by atoms with Crippen LogP contribution in [-0.2, 0) is 6.42 Å². The van der Waals surface area contributed by atoms with E-state index in [-0.39, 0.29) is 5.41 Å². The standard InChI is InChI=1S/C10H18N2S/c1-8(2)10(3,6-11)4-9-5-13-7-12-9/h5,7-8H,4,6,11H2,1-3H3. The highest BCUT2D eigenvalue weighted by Crippen LogP contribution is 2.29. The van der Waals surface area contributed by atoms with Crippen molar-refractivity contribution in [2.75, 3.05) is 6.54 Å². The van der Waals surface area contributed by atoms with Crippen LogP contribution in [-0.4, -0.2) is 11.5 Å². The van der Waals surface area contributed by atoms with Crippen molar-refractivity contribution in [2.24, 2.45) is 17.1 Å². The molecule has 1 unspecified atom stereocenters. The predicted octanol–water partition coefficient (Wildman–Crippen LogP) is 2.31. The van der Waals surface area contributed by atoms with E-state index in [2.05, 4.69) is 31.1 Å². The zero-order valence-corrected chi connectivity index (χ0v) is 9.40. The van der Waals surface area contributed by atoms with Gasteiger partial charge in [-0.25, -0.2) is 4.98 Å². The van der Waals surface area contributed by atoms with E-state index in [1.54, 1.807) is 11.3 Å². The molecule has 2 nitrogen and oxygen atoms in total. The van der Waals surface area contributed by atoms with Gasteiger partial charge >= 0.3 is 0 Å². The monoisotopic (exact) mass is 198 g/mol. The van der Waals surface area contributed by atoms with Crippen molar-refractivity contribution in [3.05, 3.63) is 16.6 Å². The molecule has 0 radical (unpaired) electrons. The molecule has 0 saturated carbocycles. The number of aromatic nitrogens is 1. The summed E-state index contributed by atoms with van der Waals surface area (Å²) in [4.78, 5) is 4.29. The maximum Gasteiger partial charge on any atom is 0.0794 e. The number of hydrogen-bond acceptors (Lipinski definition) is 3. The molecule has 0 spiro atoms. The van der Waals surface area contributed by atoms with E-state index in [1.165, 1.54) is 5.69 Å². The Balaban J connectivity index is 2.69. The van der Waals surface area contributed by atoms with Crippen LogP contribution >= 0.6 is 11.3 Å². The Morgan fingerprint density at radius 1 is 1.62 bits per heavy atom. The summed E-state index contributed by atoms with van der Waals surface area (Å²) in [7, 11) is 0. The first kappa shape index (κ1) is 10.7. The lowest BCUT2D eigenvalue weighted by molar-refractivity contribution is 0.225. The summed E-state index contributed by atoms with van der Waals surface area (Å²) < 4.78 is 0. The van der Waals surface area contributed by atoms with Gasteiger partial charge in [0.15, 0.2) is 0 Å². The van der Waals surface area contributed by atoms with Gasteiger partial charge in [-0.3, -0.25) is 0 Å². The fourth-order valence-electron chi connectivity index (χ4n) is 1.25. The summed E-state index contributed by atoms with van der Waals surface area (Å²) in [5.41, 5.74) is 9.04. The molecule has 0 aliphatic rings. The first-order chi connectivity index (χ1) is 6.08. The summed E-state index contributed by atoms with van der Waals surface area (Å²) in [5, 5.41) is 2.11. The van der Waals surface area contributed by atoms with Crippen molar-refractivity contribution >= 4 is 11.3 Å². The number of nitrogens with zero attached hydrogens (tertiary/aromatic N) is 1. The summed E-state index contributed by atoms with van der Waals surface area (Å²) in [6.45, 7) is 7.40. The fourth-order valence-corrected chi connectivity index (χ4v) is 1.81. The van der Waals surface area contributed by atoms with Gasteiger partial charge in [-0.1, -0.05) is 20.8 Å². The van der Waals surface area contributed by atoms with E-state index >= 15 is 0 Å². The average Bonchev–Trinajstić information content (AvgIpc) is 2.56. The van der Waals surface area contributed by atoms with E-state index in [1.807, 2.05) is 5.51 Å². The van der Waals surface area contributed by atoms with Crippen LogP contribution in [0, 0.1) is 11.3 Å². The molecule has 13 heavy (non-hydrogen) atoms. The van der Waals surface area contributed by atoms with Crippen molar-refractivity contribution < 1.29 is 0 Å². The average molecular weight is 198 g/mol. The van der Waals surface area contributed by atoms with Gasteiger partial charge in [0.05, 0.1) is 11.2 Å². The second kappa shape index (κ2) is 4.20. The molecule has 1 rings (SSSR count). The van der Waals surface area contributed by atoms with Gasteiger partial charge in [0.2, 0.25) is 0 Å². The van der Waals surface area contributed by atoms with Gasteiger partial charge in [-0.05, 0) is 24.3 Å². The smallest absolute Gasteiger partial charge is 0.0794 e. The van der Waals surface area contributed by atoms with Crippen LogP contribution in [0.3, 0.4) is 0 Å². The molecular formula is C10H18N2S. The van der Waals surface area contributed by atoms with Crippen LogP contribution < -0.4 is 5.73 Å². The lowest BCUT2D eigenvalue weighted by atomic mass is 9.76. The Hall–Kier alpha value is -0.410. The molecule has 0 aliphatic heterocycles. The van der Waals surface area contributed by atoms with Crippen LogP contribution in [0.4, 0.5) is 0 Å². The van der Waals surface area contributed by atoms with E-state index in [0.717, 1.165) is 13.0 Å². The van der Waals surface area contributed by atoms with Gasteiger partial charge in [0.1, 0.15) is 0 Å². The molecule has 0 fully saturated rings. The van der Waals surface area contributed by atoms with Crippen molar-refractivity contribution in [2.45, 2.75) is 27.2 Å². The zero-order valence-electron chi connectivity index (χ0n) is 8.58. The highest BCUT2D eigenvalue weighted by molar-refractivity contribution is 7.07. The number of nitrogens with two attached hydrogens (primary N) is 1. The van der Waals surface area contributed by atoms with E-state index in [0.29, 0.717) is 5.92 Å². The van der Waals surface area contributed by atoms with Crippen LogP contribution in [0.5, 0.6) is 0 Å². The van der Waals surface area contributed by atoms with Crippen molar-refractivity contribution in [1.82, 2.24) is 4.98 Å². The Morgan fingerprint density at radius 3 is 2.69 bits per heavy atom. The van der Waals surface area contributed by atoms with Crippen molar-refractivity contribution in [1.29, 1.82) is 0 Å². The maximum atomic E-state index is 5.80. The largest absolute Gasteiger partial charge is 0.330 e. The first-order valence-corrected chi connectivity index (χ1v) is 5.60. The molecule has 1 aromatic rings. The van der Waals surface area contributed by atoms with E-state index < -0.39 is 0 Å². The quantitative estimate of drug-likeness (QED) is 0.806. The van der Waals surface area contributed by atoms with Crippen LogP contribution in [0.2, 0.25) is 0 Å². The summed E-state index contributed by atoms with van der Waals surface area (Å²) in [5.74, 6) is 0.596. The first-order valence-electron chi connectivity index (χ1n) is 4.65. The molecule has 0 aliphatic carbocycles. The minimum Gasteiger partial charge on any atom is -0.330 e. The molecule has 1 heterocycles. The molecular weight excluding hydrogens is 180 g/mol. The second-order valence-corrected chi connectivity index (χ2v) is 4.89. The van der Waals surface area contributed by atoms with E-state index in [4.69, 9.17) is 5.73 Å². The third-order valence-electron chi connectivity index (χ3n) is 2.93. The summed E-state index contributed by atoms with van der Waals surface area (Å²) >= 11 is 1.65. The van der Waals surface area contributed by atoms with Gasteiger partial charge in [-0.15, -0.1) is 11.3 Å². The Bertz CT molecular complexity index is 243. The minimum atomic E-state index is 0.189. The Labute approximate surface area is 84.2 Å². The van der Waals surface area contributed by atoms with Gasteiger partial charge in [0, 0.05) is 5.38 Å². The van der Waals surface area contributed by atoms with Crippen LogP contribution in [0.1, 0.15) is 26.5 Å². The fraction of sp³-hybridized carbons (Fsp3) is 0.700. The lowest BCUT2D eigenvalue weighted by Gasteiger charge is -2.31. The number of thiazole rings is 1. The highest BCUT2D eigenvalue weighted by Gasteiger charge is 2.27.